The maximum atomic E-state index is 12.7. The monoisotopic (exact) mass is 448 g/mol. The van der Waals surface area contributed by atoms with E-state index in [4.69, 9.17) is 21.5 Å². The van der Waals surface area contributed by atoms with Crippen LogP contribution in [-0.4, -0.2) is 27.5 Å². The minimum absolute atomic E-state index is 0.0138. The first kappa shape index (κ1) is 21.2. The number of carbonyl (C=O) groups excluding carboxylic acids is 1. The molecule has 1 unspecified atom stereocenters. The van der Waals surface area contributed by atoms with E-state index in [9.17, 15) is 13.2 Å². The van der Waals surface area contributed by atoms with Crippen LogP contribution < -0.4 is 14.8 Å². The highest BCUT2D eigenvalue weighted by Gasteiger charge is 2.33. The summed E-state index contributed by atoms with van der Waals surface area (Å²) in [5, 5.41) is 5.77. The molecule has 4 rings (SSSR count). The van der Waals surface area contributed by atoms with E-state index in [1.165, 1.54) is 37.8 Å². The zero-order valence-corrected chi connectivity index (χ0v) is 18.2. The third-order valence-electron chi connectivity index (χ3n) is 5.97. The molecule has 8 heteroatoms. The molecule has 1 atom stereocenters. The highest BCUT2D eigenvalue weighted by molar-refractivity contribution is 7.89. The molecule has 6 nitrogen and oxygen atoms in total. The molecule has 0 radical (unpaired) electrons. The van der Waals surface area contributed by atoms with Gasteiger partial charge in [0.2, 0.25) is 15.9 Å². The van der Waals surface area contributed by atoms with Gasteiger partial charge in [-0.2, -0.15) is 0 Å². The topological polar surface area (TPSA) is 89.7 Å². The Balaban J connectivity index is 1.52. The maximum Gasteiger partial charge on any atom is 0.238 e. The third kappa shape index (κ3) is 4.63. The average Bonchev–Trinajstić information content (AvgIpc) is 3.35. The second-order valence-corrected chi connectivity index (χ2v) is 10.1. The summed E-state index contributed by atoms with van der Waals surface area (Å²) in [5.41, 5.74) is 1.63. The molecule has 0 aromatic heterocycles. The van der Waals surface area contributed by atoms with E-state index < -0.39 is 10.0 Å². The van der Waals surface area contributed by atoms with Crippen molar-refractivity contribution in [3.63, 3.8) is 0 Å². The van der Waals surface area contributed by atoms with Crippen molar-refractivity contribution >= 4 is 33.2 Å². The molecular formula is C22H25ClN2O4S. The Labute approximate surface area is 182 Å². The number of anilines is 1. The summed E-state index contributed by atoms with van der Waals surface area (Å²) in [6, 6.07) is 11.7. The standard InChI is InChI=1S/C22H25ClN2O4S/c23-17-5-10-20(21(12-17)29-14-15-3-1-2-4-15)16-11-22(26)25(13-16)18-6-8-19(9-7-18)30(24,27)28/h5-10,12,15-16H,1-4,11,13-14H2,(H2,24,27,28). The van der Waals surface area contributed by atoms with Gasteiger partial charge in [0, 0.05) is 29.6 Å². The van der Waals surface area contributed by atoms with Gasteiger partial charge in [0.05, 0.1) is 11.5 Å². The summed E-state index contributed by atoms with van der Waals surface area (Å²) < 4.78 is 29.1. The zero-order valence-electron chi connectivity index (χ0n) is 16.6. The Bertz CT molecular complexity index is 1030. The van der Waals surface area contributed by atoms with Gasteiger partial charge in [-0.05, 0) is 60.7 Å². The van der Waals surface area contributed by atoms with E-state index >= 15 is 0 Å². The van der Waals surface area contributed by atoms with Crippen molar-refractivity contribution in [2.45, 2.75) is 42.9 Å². The average molecular weight is 449 g/mol. The van der Waals surface area contributed by atoms with Gasteiger partial charge in [0.15, 0.2) is 0 Å². The first-order chi connectivity index (χ1) is 14.3. The fourth-order valence-electron chi connectivity index (χ4n) is 4.34. The first-order valence-electron chi connectivity index (χ1n) is 10.2. The molecule has 30 heavy (non-hydrogen) atoms. The number of sulfonamides is 1. The second-order valence-electron chi connectivity index (χ2n) is 8.09. The number of nitrogens with zero attached hydrogens (tertiary/aromatic N) is 1. The lowest BCUT2D eigenvalue weighted by Crippen LogP contribution is -2.24. The van der Waals surface area contributed by atoms with Crippen LogP contribution in [0.3, 0.4) is 0 Å². The van der Waals surface area contributed by atoms with Gasteiger partial charge in [-0.25, -0.2) is 13.6 Å². The molecule has 1 heterocycles. The van der Waals surface area contributed by atoms with Crippen molar-refractivity contribution in [1.82, 2.24) is 0 Å². The molecule has 1 aliphatic carbocycles. The molecule has 0 bridgehead atoms. The highest BCUT2D eigenvalue weighted by Crippen LogP contribution is 2.38. The van der Waals surface area contributed by atoms with Crippen molar-refractivity contribution < 1.29 is 17.9 Å². The van der Waals surface area contributed by atoms with Crippen molar-refractivity contribution in [3.05, 3.63) is 53.1 Å². The molecule has 2 aromatic rings. The molecule has 2 N–H and O–H groups in total. The van der Waals surface area contributed by atoms with Crippen LogP contribution in [0, 0.1) is 5.92 Å². The lowest BCUT2D eigenvalue weighted by Gasteiger charge is -2.20. The van der Waals surface area contributed by atoms with E-state index in [-0.39, 0.29) is 16.7 Å². The lowest BCUT2D eigenvalue weighted by molar-refractivity contribution is -0.117. The van der Waals surface area contributed by atoms with Crippen molar-refractivity contribution in [2.24, 2.45) is 11.1 Å². The van der Waals surface area contributed by atoms with Gasteiger partial charge >= 0.3 is 0 Å². The van der Waals surface area contributed by atoms with E-state index in [2.05, 4.69) is 0 Å². The van der Waals surface area contributed by atoms with Gasteiger partial charge in [-0.15, -0.1) is 0 Å². The third-order valence-corrected chi connectivity index (χ3v) is 7.13. The molecule has 2 aliphatic rings. The second kappa shape index (κ2) is 8.57. The van der Waals surface area contributed by atoms with E-state index in [0.717, 1.165) is 11.3 Å². The smallest absolute Gasteiger partial charge is 0.238 e. The zero-order chi connectivity index (χ0) is 21.3. The van der Waals surface area contributed by atoms with Crippen LogP contribution >= 0.6 is 11.6 Å². The number of primary sulfonamides is 1. The molecule has 1 saturated carbocycles. The van der Waals surface area contributed by atoms with Gasteiger partial charge < -0.3 is 9.64 Å². The summed E-state index contributed by atoms with van der Waals surface area (Å²) in [5.74, 6) is 1.29. The predicted molar refractivity (Wildman–Crippen MR) is 116 cm³/mol. The van der Waals surface area contributed by atoms with Crippen molar-refractivity contribution in [1.29, 1.82) is 0 Å². The fourth-order valence-corrected chi connectivity index (χ4v) is 5.01. The molecule has 2 aromatic carbocycles. The van der Waals surface area contributed by atoms with Crippen LogP contribution in [0.15, 0.2) is 47.4 Å². The Morgan fingerprint density at radius 2 is 1.80 bits per heavy atom. The molecule has 1 amide bonds. The fraction of sp³-hybridized carbons (Fsp3) is 0.409. The Morgan fingerprint density at radius 3 is 2.47 bits per heavy atom. The lowest BCUT2D eigenvalue weighted by atomic mass is 9.97. The quantitative estimate of drug-likeness (QED) is 0.721. The molecule has 1 aliphatic heterocycles. The number of ether oxygens (including phenoxy) is 1. The number of amides is 1. The molecule has 160 valence electrons. The van der Waals surface area contributed by atoms with Crippen LogP contribution in [0.1, 0.15) is 43.6 Å². The van der Waals surface area contributed by atoms with Crippen LogP contribution in [0.5, 0.6) is 5.75 Å². The Kier molecular flexibility index (Phi) is 6.04. The minimum Gasteiger partial charge on any atom is -0.493 e. The SMILES string of the molecule is NS(=O)(=O)c1ccc(N2CC(c3ccc(Cl)cc3OCC3CCCC3)CC2=O)cc1. The number of hydrogen-bond acceptors (Lipinski definition) is 4. The summed E-state index contributed by atoms with van der Waals surface area (Å²) in [6.45, 7) is 1.17. The van der Waals surface area contributed by atoms with Crippen LogP contribution in [0.2, 0.25) is 5.02 Å². The van der Waals surface area contributed by atoms with Gasteiger partial charge in [0.25, 0.3) is 0 Å². The van der Waals surface area contributed by atoms with Gasteiger partial charge in [-0.1, -0.05) is 30.5 Å². The van der Waals surface area contributed by atoms with Crippen molar-refractivity contribution in [2.75, 3.05) is 18.1 Å². The molecular weight excluding hydrogens is 424 g/mol. The highest BCUT2D eigenvalue weighted by atomic mass is 35.5. The molecule has 2 fully saturated rings. The van der Waals surface area contributed by atoms with Crippen molar-refractivity contribution in [3.8, 4) is 5.75 Å². The van der Waals surface area contributed by atoms with E-state index in [1.54, 1.807) is 17.0 Å². The number of halogens is 1. The number of carbonyl (C=O) groups is 1. The Morgan fingerprint density at radius 1 is 1.10 bits per heavy atom. The molecule has 1 saturated heterocycles. The maximum absolute atomic E-state index is 12.7. The normalized spacial score (nSPS) is 20.1. The number of benzene rings is 2. The summed E-state index contributed by atoms with van der Waals surface area (Å²) in [6.07, 6.45) is 5.26. The number of nitrogens with two attached hydrogens (primary N) is 1. The summed E-state index contributed by atoms with van der Waals surface area (Å²) in [4.78, 5) is 14.4. The van der Waals surface area contributed by atoms with E-state index in [1.807, 2.05) is 18.2 Å². The first-order valence-corrected chi connectivity index (χ1v) is 12.1. The van der Waals surface area contributed by atoms with Gasteiger partial charge in [0.1, 0.15) is 5.75 Å². The van der Waals surface area contributed by atoms with Crippen LogP contribution in [-0.2, 0) is 14.8 Å². The van der Waals surface area contributed by atoms with Crippen LogP contribution in [0.25, 0.3) is 0 Å². The largest absolute Gasteiger partial charge is 0.493 e. The predicted octanol–water partition coefficient (Wildman–Crippen LogP) is 4.08. The minimum atomic E-state index is -3.77. The van der Waals surface area contributed by atoms with Gasteiger partial charge in [-0.3, -0.25) is 4.79 Å². The van der Waals surface area contributed by atoms with E-state index in [0.29, 0.717) is 36.2 Å². The van der Waals surface area contributed by atoms with Crippen LogP contribution in [0.4, 0.5) is 5.69 Å². The summed E-state index contributed by atoms with van der Waals surface area (Å²) >= 11 is 6.21. The Hall–Kier alpha value is -2.09. The number of hydrogen-bond donors (Lipinski definition) is 1. The summed E-state index contributed by atoms with van der Waals surface area (Å²) in [7, 11) is -3.77. The number of rotatable bonds is 6. The molecule has 0 spiro atoms.